The molecule has 0 radical (unpaired) electrons. The molecule has 0 saturated carbocycles. The fourth-order valence-electron chi connectivity index (χ4n) is 4.14. The molecule has 20 heteroatoms. The highest BCUT2D eigenvalue weighted by atomic mass is 19.4. The van der Waals surface area contributed by atoms with Gasteiger partial charge in [0.2, 0.25) is 0 Å². The van der Waals surface area contributed by atoms with Crippen LogP contribution in [0.4, 0.5) is 30.7 Å². The van der Waals surface area contributed by atoms with E-state index in [1.54, 1.807) is 42.6 Å². The van der Waals surface area contributed by atoms with E-state index in [2.05, 4.69) is 15.1 Å². The first kappa shape index (κ1) is 43.4. The highest BCUT2D eigenvalue weighted by Gasteiger charge is 2.39. The van der Waals surface area contributed by atoms with Crippen molar-refractivity contribution in [1.29, 1.82) is 5.41 Å². The van der Waals surface area contributed by atoms with E-state index in [1.807, 2.05) is 51.0 Å². The predicted molar refractivity (Wildman–Crippen MR) is 177 cm³/mol. The predicted octanol–water partition coefficient (Wildman–Crippen LogP) is 4.91. The van der Waals surface area contributed by atoms with E-state index in [-0.39, 0.29) is 17.6 Å². The summed E-state index contributed by atoms with van der Waals surface area (Å²) >= 11 is 0. The molecule has 2 unspecified atom stereocenters. The number of ether oxygens (including phenoxy) is 1. The molecule has 13 nitrogen and oxygen atoms in total. The molecule has 2 atom stereocenters. The van der Waals surface area contributed by atoms with Gasteiger partial charge in [0.1, 0.15) is 18.3 Å². The molecule has 2 heterocycles. The lowest BCUT2D eigenvalue weighted by atomic mass is 9.89. The number of hydrogen-bond acceptors (Lipinski definition) is 8. The Balaban J connectivity index is 0.000000587. The number of alkyl halides is 6. The summed E-state index contributed by atoms with van der Waals surface area (Å²) in [6, 6.07) is 16.0. The highest BCUT2D eigenvalue weighted by molar-refractivity contribution is 5.94. The number of nitrogens with two attached hydrogens (primary N) is 1. The number of likely N-dealkylation sites (N-methyl/N-ethyl adjacent to an activating group) is 1. The number of rotatable bonds is 11. The second-order valence-corrected chi connectivity index (χ2v) is 11.4. The van der Waals surface area contributed by atoms with Crippen molar-refractivity contribution in [3.8, 4) is 11.6 Å². The molecule has 0 aliphatic heterocycles. The van der Waals surface area contributed by atoms with Gasteiger partial charge >= 0.3 is 30.0 Å². The number of nitrogens with zero attached hydrogens (tertiary/aromatic N) is 4. The van der Waals surface area contributed by atoms with Gasteiger partial charge in [0.15, 0.2) is 17.4 Å². The third-order valence-electron chi connectivity index (χ3n) is 7.29. The van der Waals surface area contributed by atoms with Crippen LogP contribution in [-0.2, 0) is 22.4 Å². The summed E-state index contributed by atoms with van der Waals surface area (Å²) in [5, 5.41) is 26.5. The number of pyridine rings is 1. The van der Waals surface area contributed by atoms with Crippen LogP contribution in [0.2, 0.25) is 0 Å². The maximum Gasteiger partial charge on any atom is 0.490 e. The summed E-state index contributed by atoms with van der Waals surface area (Å²) in [7, 11) is 3.89. The van der Waals surface area contributed by atoms with Crippen LogP contribution in [0.15, 0.2) is 65.6 Å². The second kappa shape index (κ2) is 18.6. The summed E-state index contributed by atoms with van der Waals surface area (Å²) in [4.78, 5) is 39.8. The molecule has 288 valence electrons. The van der Waals surface area contributed by atoms with E-state index >= 15 is 4.39 Å². The van der Waals surface area contributed by atoms with E-state index in [4.69, 9.17) is 35.7 Å². The van der Waals surface area contributed by atoms with Gasteiger partial charge < -0.3 is 25.6 Å². The zero-order chi connectivity index (χ0) is 40.3. The first-order valence-corrected chi connectivity index (χ1v) is 15.3. The smallest absolute Gasteiger partial charge is 0.489 e. The number of halogens is 7. The number of aromatic nitrogens is 4. The lowest BCUT2D eigenvalue weighted by Crippen LogP contribution is -2.30. The molecule has 6 N–H and O–H groups in total. The molecule has 0 fully saturated rings. The number of aromatic amines is 1. The zero-order valence-electron chi connectivity index (χ0n) is 28.6. The van der Waals surface area contributed by atoms with E-state index < -0.39 is 41.7 Å². The van der Waals surface area contributed by atoms with Crippen molar-refractivity contribution in [1.82, 2.24) is 24.6 Å². The van der Waals surface area contributed by atoms with Crippen molar-refractivity contribution in [3.05, 3.63) is 105 Å². The third kappa shape index (κ3) is 13.0. The van der Waals surface area contributed by atoms with Crippen LogP contribution in [0.1, 0.15) is 47.8 Å². The summed E-state index contributed by atoms with van der Waals surface area (Å²) in [5.74, 6) is -5.84. The first-order chi connectivity index (χ1) is 24.6. The molecular formula is C33H36F7N7O6. The molecule has 2 aromatic carbocycles. The minimum Gasteiger partial charge on any atom is -0.489 e. The maximum atomic E-state index is 16.2. The van der Waals surface area contributed by atoms with Gasteiger partial charge in [-0.05, 0) is 63.2 Å². The SMILES string of the molecule is CCc1cc(OCC(C)N(C)C)c(F)c(C(Cc2ccc(C(=N)N)cc2)c2nn(-c3ccccn3)c(=O)[nH]2)c1.O=C(O)C(F)(F)F.O=C(O)C(F)(F)F. The maximum absolute atomic E-state index is 16.2. The van der Waals surface area contributed by atoms with Gasteiger partial charge in [0, 0.05) is 23.4 Å². The fraction of sp³-hybridized carbons (Fsp3) is 0.333. The number of carbonyl (C=O) groups is 2. The van der Waals surface area contributed by atoms with Crippen LogP contribution in [0.5, 0.6) is 5.75 Å². The van der Waals surface area contributed by atoms with Gasteiger partial charge in [-0.25, -0.2) is 23.8 Å². The number of carboxylic acids is 2. The Kier molecular flexibility index (Phi) is 15.2. The van der Waals surface area contributed by atoms with Gasteiger partial charge in [0.05, 0.1) is 5.92 Å². The molecule has 4 aromatic rings. The number of benzene rings is 2. The molecule has 0 amide bonds. The normalized spacial score (nSPS) is 12.5. The summed E-state index contributed by atoms with van der Waals surface area (Å²) in [5.41, 5.74) is 7.88. The van der Waals surface area contributed by atoms with Gasteiger partial charge in [-0.2, -0.15) is 31.0 Å². The molecule has 0 spiro atoms. The van der Waals surface area contributed by atoms with Crippen molar-refractivity contribution in [3.63, 3.8) is 0 Å². The molecular weight excluding hydrogens is 723 g/mol. The number of nitrogen functional groups attached to an aromatic ring is 1. The minimum atomic E-state index is -5.08. The monoisotopic (exact) mass is 759 g/mol. The Bertz CT molecular complexity index is 1870. The van der Waals surface area contributed by atoms with Gasteiger partial charge in [-0.3, -0.25) is 10.4 Å². The van der Waals surface area contributed by atoms with E-state index in [9.17, 15) is 31.1 Å². The van der Waals surface area contributed by atoms with Gasteiger partial charge in [-0.15, -0.1) is 5.10 Å². The Morgan fingerprint density at radius 3 is 2.02 bits per heavy atom. The quantitative estimate of drug-likeness (QED) is 0.0795. The van der Waals surface area contributed by atoms with Crippen molar-refractivity contribution >= 4 is 17.8 Å². The Morgan fingerprint density at radius 2 is 1.57 bits per heavy atom. The summed E-state index contributed by atoms with van der Waals surface area (Å²) < 4.78 is 86.8. The Hall–Kier alpha value is -5.79. The van der Waals surface area contributed by atoms with Crippen molar-refractivity contribution in [2.45, 2.75) is 51.0 Å². The Morgan fingerprint density at radius 1 is 1.00 bits per heavy atom. The summed E-state index contributed by atoms with van der Waals surface area (Å²) in [6.07, 6.45) is -7.58. The third-order valence-corrected chi connectivity index (χ3v) is 7.29. The van der Waals surface area contributed by atoms with Crippen LogP contribution >= 0.6 is 0 Å². The average Bonchev–Trinajstić information content (AvgIpc) is 3.48. The topological polar surface area (TPSA) is 201 Å². The number of hydrogen-bond donors (Lipinski definition) is 5. The highest BCUT2D eigenvalue weighted by Crippen LogP contribution is 2.34. The molecule has 53 heavy (non-hydrogen) atoms. The van der Waals surface area contributed by atoms with Crippen LogP contribution in [0.25, 0.3) is 5.82 Å². The van der Waals surface area contributed by atoms with E-state index in [1.165, 1.54) is 4.68 Å². The number of H-pyrrole nitrogens is 1. The fourth-order valence-corrected chi connectivity index (χ4v) is 4.14. The molecule has 2 aromatic heterocycles. The van der Waals surface area contributed by atoms with Crippen molar-refractivity contribution < 1.29 is 55.3 Å². The largest absolute Gasteiger partial charge is 0.490 e. The Labute approximate surface area is 297 Å². The van der Waals surface area contributed by atoms with Gasteiger partial charge in [-0.1, -0.05) is 43.3 Å². The number of carboxylic acid groups (broad SMARTS) is 2. The standard InChI is InChI=1S/C29H34FN7O2.2C2HF3O2/c1-5-19-14-22(26(30)24(16-19)39-17-18(2)36(3)4)23(15-20-9-11-21(12-10-20)27(31)32)28-34-29(38)37(35-28)25-8-6-7-13-33-25;2*3-2(4,5)1(6)7/h6-14,16,18,23H,5,15,17H2,1-4H3,(H3,31,32)(H,34,35,38);2*(H,6,7). The number of nitrogens with one attached hydrogen (secondary N) is 2. The van der Waals surface area contributed by atoms with Crippen LogP contribution in [-0.4, -0.2) is 91.7 Å². The van der Waals surface area contributed by atoms with Crippen molar-refractivity contribution in [2.24, 2.45) is 5.73 Å². The van der Waals surface area contributed by atoms with Crippen LogP contribution < -0.4 is 16.2 Å². The van der Waals surface area contributed by atoms with Crippen LogP contribution in [0, 0.1) is 11.2 Å². The second-order valence-electron chi connectivity index (χ2n) is 11.4. The average molecular weight is 760 g/mol. The minimum absolute atomic E-state index is 0.0352. The lowest BCUT2D eigenvalue weighted by molar-refractivity contribution is -0.193. The lowest BCUT2D eigenvalue weighted by Gasteiger charge is -2.22. The first-order valence-electron chi connectivity index (χ1n) is 15.3. The van der Waals surface area contributed by atoms with Crippen molar-refractivity contribution in [2.75, 3.05) is 20.7 Å². The number of amidine groups is 1. The molecule has 0 bridgehead atoms. The zero-order valence-corrected chi connectivity index (χ0v) is 28.6. The number of aliphatic carboxylic acids is 2. The van der Waals surface area contributed by atoms with Gasteiger partial charge in [0.25, 0.3) is 0 Å². The molecule has 0 aliphatic carbocycles. The number of aryl methyl sites for hydroxylation is 1. The molecule has 4 rings (SSSR count). The molecule has 0 aliphatic rings. The molecule has 0 saturated heterocycles. The van der Waals surface area contributed by atoms with E-state index in [0.717, 1.165) is 11.1 Å². The summed E-state index contributed by atoms with van der Waals surface area (Å²) in [6.45, 7) is 4.32. The van der Waals surface area contributed by atoms with Crippen LogP contribution in [0.3, 0.4) is 0 Å². The van der Waals surface area contributed by atoms with E-state index in [0.29, 0.717) is 42.2 Å².